The van der Waals surface area contributed by atoms with Crippen LogP contribution in [0.4, 0.5) is 5.69 Å². The van der Waals surface area contributed by atoms with Crippen LogP contribution in [-0.4, -0.2) is 35.8 Å². The van der Waals surface area contributed by atoms with Gasteiger partial charge in [-0.1, -0.05) is 28.8 Å². The first-order valence-electron chi connectivity index (χ1n) is 7.95. The minimum atomic E-state index is -0.370. The molecule has 1 heterocycles. The highest BCUT2D eigenvalue weighted by atomic mass is 79.9. The lowest BCUT2D eigenvalue weighted by atomic mass is 10.0. The number of halogens is 1. The number of anilines is 1. The van der Waals surface area contributed by atoms with Crippen LogP contribution in [0, 0.1) is 5.92 Å². The fraction of sp³-hybridized carbons (Fsp3) is 0.529. The third-order valence-corrected chi connectivity index (χ3v) is 5.31. The van der Waals surface area contributed by atoms with E-state index >= 15 is 0 Å². The van der Waals surface area contributed by atoms with Crippen LogP contribution < -0.4 is 4.90 Å². The van der Waals surface area contributed by atoms with Crippen molar-refractivity contribution in [2.24, 2.45) is 5.92 Å². The maximum absolute atomic E-state index is 12.7. The zero-order valence-corrected chi connectivity index (χ0v) is 14.4. The van der Waals surface area contributed by atoms with Gasteiger partial charge in [0.05, 0.1) is 0 Å². The Balaban J connectivity index is 1.72. The minimum Gasteiger partial charge on any atom is -0.329 e. The second kappa shape index (κ2) is 6.41. The summed E-state index contributed by atoms with van der Waals surface area (Å²) in [5.41, 5.74) is 0.896. The Labute approximate surface area is 139 Å². The molecule has 1 aliphatic carbocycles. The molecule has 1 saturated heterocycles. The monoisotopic (exact) mass is 364 g/mol. The van der Waals surface area contributed by atoms with Gasteiger partial charge < -0.3 is 9.80 Å². The predicted octanol–water partition coefficient (Wildman–Crippen LogP) is 3.20. The van der Waals surface area contributed by atoms with Crippen molar-refractivity contribution in [2.45, 2.75) is 38.6 Å². The summed E-state index contributed by atoms with van der Waals surface area (Å²) < 4.78 is 0.992. The first-order valence-corrected chi connectivity index (χ1v) is 8.74. The first-order chi connectivity index (χ1) is 10.6. The molecule has 1 atom stereocenters. The van der Waals surface area contributed by atoms with Crippen molar-refractivity contribution in [3.8, 4) is 0 Å². The zero-order valence-electron chi connectivity index (χ0n) is 12.8. The van der Waals surface area contributed by atoms with E-state index in [4.69, 9.17) is 0 Å². The molecule has 2 fully saturated rings. The molecule has 1 aromatic rings. The van der Waals surface area contributed by atoms with Gasteiger partial charge in [-0.05, 0) is 44.0 Å². The summed E-state index contributed by atoms with van der Waals surface area (Å²) in [5, 5.41) is 0. The normalized spacial score (nSPS) is 23.2. The third kappa shape index (κ3) is 2.91. The number of carbonyl (C=O) groups excluding carboxylic acids is 2. The summed E-state index contributed by atoms with van der Waals surface area (Å²) in [4.78, 5) is 28.8. The molecule has 0 radical (unpaired) electrons. The maximum Gasteiger partial charge on any atom is 0.249 e. The molecule has 1 saturated carbocycles. The molecule has 0 N–H and O–H groups in total. The van der Waals surface area contributed by atoms with E-state index in [1.165, 1.54) is 0 Å². The number of hydrogen-bond donors (Lipinski definition) is 0. The molecule has 118 valence electrons. The van der Waals surface area contributed by atoms with Crippen LogP contribution in [0.1, 0.15) is 32.6 Å². The van der Waals surface area contributed by atoms with Gasteiger partial charge in [-0.3, -0.25) is 9.59 Å². The number of benzene rings is 1. The lowest BCUT2D eigenvalue weighted by molar-refractivity contribution is -0.143. The van der Waals surface area contributed by atoms with Crippen molar-refractivity contribution in [3.63, 3.8) is 0 Å². The third-order valence-electron chi connectivity index (χ3n) is 4.78. The number of rotatable bonds is 2. The van der Waals surface area contributed by atoms with Crippen molar-refractivity contribution in [1.29, 1.82) is 0 Å². The Hall–Kier alpha value is -1.36. The molecular formula is C17H21BrN2O2. The molecule has 3 rings (SSSR count). The molecular weight excluding hydrogens is 344 g/mol. The van der Waals surface area contributed by atoms with Crippen LogP contribution in [0.2, 0.25) is 0 Å². The van der Waals surface area contributed by atoms with E-state index in [9.17, 15) is 9.59 Å². The smallest absolute Gasteiger partial charge is 0.249 e. The van der Waals surface area contributed by atoms with Crippen molar-refractivity contribution in [2.75, 3.05) is 18.0 Å². The molecule has 0 aromatic heterocycles. The summed E-state index contributed by atoms with van der Waals surface area (Å²) in [6.07, 6.45) is 4.23. The molecule has 0 bridgehead atoms. The molecule has 2 amide bonds. The highest BCUT2D eigenvalue weighted by Crippen LogP contribution is 2.29. The van der Waals surface area contributed by atoms with E-state index in [1.807, 2.05) is 31.2 Å². The Morgan fingerprint density at radius 3 is 2.41 bits per heavy atom. The number of hydrogen-bond acceptors (Lipinski definition) is 2. The van der Waals surface area contributed by atoms with Gasteiger partial charge in [0.1, 0.15) is 6.04 Å². The van der Waals surface area contributed by atoms with E-state index in [1.54, 1.807) is 9.80 Å². The SMILES string of the molecule is CC1C(=O)N(c2ccc(Br)cc2)CCN1C(=O)C1CCCC1. The van der Waals surface area contributed by atoms with E-state index in [0.29, 0.717) is 13.1 Å². The molecule has 5 heteroatoms. The quantitative estimate of drug-likeness (QED) is 0.808. The van der Waals surface area contributed by atoms with Crippen molar-refractivity contribution in [3.05, 3.63) is 28.7 Å². The molecule has 1 aromatic carbocycles. The second-order valence-electron chi connectivity index (χ2n) is 6.16. The number of amides is 2. The standard InChI is InChI=1S/C17H21BrN2O2/c1-12-16(21)20(15-8-6-14(18)7-9-15)11-10-19(12)17(22)13-4-2-3-5-13/h6-9,12-13H,2-5,10-11H2,1H3. The van der Waals surface area contributed by atoms with Crippen LogP contribution in [0.3, 0.4) is 0 Å². The average molecular weight is 365 g/mol. The fourth-order valence-corrected chi connectivity index (χ4v) is 3.72. The highest BCUT2D eigenvalue weighted by molar-refractivity contribution is 9.10. The van der Waals surface area contributed by atoms with Crippen LogP contribution in [0.15, 0.2) is 28.7 Å². The summed E-state index contributed by atoms with van der Waals surface area (Å²) in [6.45, 7) is 3.04. The van der Waals surface area contributed by atoms with Gasteiger partial charge in [0.15, 0.2) is 0 Å². The molecule has 22 heavy (non-hydrogen) atoms. The number of nitrogens with zero attached hydrogens (tertiary/aromatic N) is 2. The number of carbonyl (C=O) groups is 2. The van der Waals surface area contributed by atoms with Gasteiger partial charge in [0.2, 0.25) is 11.8 Å². The predicted molar refractivity (Wildman–Crippen MR) is 89.6 cm³/mol. The summed E-state index contributed by atoms with van der Waals surface area (Å²) in [6, 6.07) is 7.37. The van der Waals surface area contributed by atoms with Crippen LogP contribution in [-0.2, 0) is 9.59 Å². The summed E-state index contributed by atoms with van der Waals surface area (Å²) in [7, 11) is 0. The Morgan fingerprint density at radius 2 is 1.77 bits per heavy atom. The van der Waals surface area contributed by atoms with Gasteiger partial charge in [0, 0.05) is 29.2 Å². The molecule has 1 aliphatic heterocycles. The van der Waals surface area contributed by atoms with Gasteiger partial charge >= 0.3 is 0 Å². The van der Waals surface area contributed by atoms with Crippen molar-refractivity contribution < 1.29 is 9.59 Å². The van der Waals surface area contributed by atoms with E-state index in [0.717, 1.165) is 35.8 Å². The molecule has 4 nitrogen and oxygen atoms in total. The maximum atomic E-state index is 12.7. The van der Waals surface area contributed by atoms with E-state index in [-0.39, 0.29) is 23.8 Å². The van der Waals surface area contributed by atoms with Gasteiger partial charge in [0.25, 0.3) is 0 Å². The largest absolute Gasteiger partial charge is 0.329 e. The topological polar surface area (TPSA) is 40.6 Å². The van der Waals surface area contributed by atoms with Crippen LogP contribution in [0.5, 0.6) is 0 Å². The molecule has 2 aliphatic rings. The van der Waals surface area contributed by atoms with E-state index < -0.39 is 0 Å². The average Bonchev–Trinajstić information content (AvgIpc) is 3.05. The minimum absolute atomic E-state index is 0.0138. The fourth-order valence-electron chi connectivity index (χ4n) is 3.46. The van der Waals surface area contributed by atoms with Crippen LogP contribution >= 0.6 is 15.9 Å². The van der Waals surface area contributed by atoms with Crippen molar-refractivity contribution in [1.82, 2.24) is 4.90 Å². The van der Waals surface area contributed by atoms with Gasteiger partial charge in [-0.25, -0.2) is 0 Å². The number of piperazine rings is 1. The lowest BCUT2D eigenvalue weighted by Crippen LogP contribution is -2.58. The van der Waals surface area contributed by atoms with Gasteiger partial charge in [-0.2, -0.15) is 0 Å². The summed E-state index contributed by atoms with van der Waals surface area (Å²) >= 11 is 3.41. The van der Waals surface area contributed by atoms with Crippen molar-refractivity contribution >= 4 is 33.4 Å². The lowest BCUT2D eigenvalue weighted by Gasteiger charge is -2.40. The highest BCUT2D eigenvalue weighted by Gasteiger charge is 2.37. The van der Waals surface area contributed by atoms with E-state index in [2.05, 4.69) is 15.9 Å². The Kier molecular flexibility index (Phi) is 4.52. The Bertz CT molecular complexity index is 567. The van der Waals surface area contributed by atoms with Crippen LogP contribution in [0.25, 0.3) is 0 Å². The Morgan fingerprint density at radius 1 is 1.14 bits per heavy atom. The molecule has 1 unspecified atom stereocenters. The first kappa shape index (κ1) is 15.5. The van der Waals surface area contributed by atoms with Gasteiger partial charge in [-0.15, -0.1) is 0 Å². The molecule has 0 spiro atoms. The summed E-state index contributed by atoms with van der Waals surface area (Å²) in [5.74, 6) is 0.322. The zero-order chi connectivity index (χ0) is 15.7. The second-order valence-corrected chi connectivity index (χ2v) is 7.07.